The first kappa shape index (κ1) is 25.2. The molecule has 2 heterocycles. The molecule has 2 saturated carbocycles. The summed E-state index contributed by atoms with van der Waals surface area (Å²) in [7, 11) is 4.01. The molecular weight excluding hydrogens is 458 g/mol. The second-order valence-electron chi connectivity index (χ2n) is 10.1. The van der Waals surface area contributed by atoms with Crippen molar-refractivity contribution in [1.29, 1.82) is 5.26 Å². The van der Waals surface area contributed by atoms with Gasteiger partial charge in [0.05, 0.1) is 24.5 Å². The normalized spacial score (nSPS) is 20.2. The second kappa shape index (κ2) is 10.8. The van der Waals surface area contributed by atoms with Crippen molar-refractivity contribution in [2.24, 2.45) is 5.41 Å². The first-order valence-corrected chi connectivity index (χ1v) is 14.0. The highest BCUT2D eigenvalue weighted by Gasteiger charge is 2.50. The molecule has 1 saturated heterocycles. The maximum absolute atomic E-state index is 10.1. The number of nitriles is 1. The van der Waals surface area contributed by atoms with Crippen LogP contribution in [-0.2, 0) is 4.74 Å². The van der Waals surface area contributed by atoms with Gasteiger partial charge < -0.3 is 9.64 Å². The minimum atomic E-state index is 0.340. The summed E-state index contributed by atoms with van der Waals surface area (Å²) in [5.41, 5.74) is 6.11. The third-order valence-electron chi connectivity index (χ3n) is 7.01. The monoisotopic (exact) mass is 493 g/mol. The van der Waals surface area contributed by atoms with Crippen LogP contribution in [0.15, 0.2) is 53.7 Å². The SMILES string of the molecule is C=C/C(=C\C(=C\N(C)C)C(=C)C)c1cc(C2CC3(COC3)C2)c(C#N)c(SCSC2CCC2)n1. The Kier molecular flexibility index (Phi) is 7.97. The molecule has 3 aliphatic rings. The van der Waals surface area contributed by atoms with E-state index in [1.165, 1.54) is 19.3 Å². The lowest BCUT2D eigenvalue weighted by atomic mass is 9.58. The number of nitrogens with zero attached hydrogens (tertiary/aromatic N) is 3. The van der Waals surface area contributed by atoms with E-state index in [0.717, 1.165) is 75.0 Å². The van der Waals surface area contributed by atoms with E-state index in [-0.39, 0.29) is 0 Å². The molecule has 4 rings (SSSR count). The standard InChI is InChI=1S/C28H35N3OS2/c1-6-20(10-21(19(2)3)15-31(4)5)26-11-24(22-12-28(13-22)16-32-17-28)25(14-29)27(30-26)34-18-33-23-8-7-9-23/h6,10-11,15,22-23H,1-2,7-9,12-13,16-18H2,3-5H3/b20-10+,21-15-. The zero-order valence-corrected chi connectivity index (χ0v) is 22.2. The summed E-state index contributed by atoms with van der Waals surface area (Å²) >= 11 is 3.72. The molecule has 1 aliphatic heterocycles. The Labute approximate surface area is 213 Å². The Morgan fingerprint density at radius 1 is 1.35 bits per heavy atom. The van der Waals surface area contributed by atoms with Crippen molar-refractivity contribution in [2.45, 2.75) is 55.2 Å². The van der Waals surface area contributed by atoms with E-state index in [4.69, 9.17) is 9.72 Å². The molecule has 2 aliphatic carbocycles. The smallest absolute Gasteiger partial charge is 0.116 e. The molecule has 1 aromatic heterocycles. The third kappa shape index (κ3) is 5.48. The van der Waals surface area contributed by atoms with Crippen LogP contribution in [0, 0.1) is 16.7 Å². The minimum absolute atomic E-state index is 0.340. The molecule has 0 aromatic carbocycles. The zero-order chi connectivity index (χ0) is 24.3. The van der Waals surface area contributed by atoms with E-state index in [2.05, 4.69) is 37.6 Å². The molecule has 3 fully saturated rings. The van der Waals surface area contributed by atoms with Gasteiger partial charge in [-0.2, -0.15) is 5.26 Å². The fourth-order valence-electron chi connectivity index (χ4n) is 4.74. The predicted octanol–water partition coefficient (Wildman–Crippen LogP) is 6.77. The van der Waals surface area contributed by atoms with Crippen LogP contribution in [0.4, 0.5) is 0 Å². The van der Waals surface area contributed by atoms with E-state index in [1.807, 2.05) is 43.8 Å². The molecule has 180 valence electrons. The molecule has 1 aromatic rings. The quantitative estimate of drug-likeness (QED) is 0.204. The summed E-state index contributed by atoms with van der Waals surface area (Å²) in [6.07, 6.45) is 12.2. The molecule has 1 spiro atoms. The van der Waals surface area contributed by atoms with Gasteiger partial charge in [0.25, 0.3) is 0 Å². The number of allylic oxidation sites excluding steroid dienone is 5. The number of aromatic nitrogens is 1. The van der Waals surface area contributed by atoms with Crippen LogP contribution in [-0.4, -0.2) is 47.5 Å². The molecule has 0 bridgehead atoms. The van der Waals surface area contributed by atoms with Gasteiger partial charge in [0.2, 0.25) is 0 Å². The molecule has 0 unspecified atom stereocenters. The Morgan fingerprint density at radius 2 is 2.09 bits per heavy atom. The predicted molar refractivity (Wildman–Crippen MR) is 145 cm³/mol. The van der Waals surface area contributed by atoms with Crippen LogP contribution in [0.2, 0.25) is 0 Å². The largest absolute Gasteiger partial charge is 0.383 e. The highest BCUT2D eigenvalue weighted by molar-refractivity contribution is 8.16. The van der Waals surface area contributed by atoms with Gasteiger partial charge in [-0.3, -0.25) is 0 Å². The Bertz CT molecular complexity index is 1050. The van der Waals surface area contributed by atoms with Gasteiger partial charge in [-0.25, -0.2) is 4.98 Å². The number of thioether (sulfide) groups is 2. The van der Waals surface area contributed by atoms with Crippen LogP contribution in [0.1, 0.15) is 61.8 Å². The molecular formula is C28H35N3OS2. The number of pyridine rings is 1. The van der Waals surface area contributed by atoms with Crippen LogP contribution in [0.25, 0.3) is 5.57 Å². The summed E-state index contributed by atoms with van der Waals surface area (Å²) in [6.45, 7) is 12.0. The van der Waals surface area contributed by atoms with Crippen molar-refractivity contribution in [3.05, 3.63) is 65.5 Å². The van der Waals surface area contributed by atoms with Gasteiger partial charge in [-0.05, 0) is 67.4 Å². The summed E-state index contributed by atoms with van der Waals surface area (Å²) in [4.78, 5) is 7.03. The van der Waals surface area contributed by atoms with Crippen molar-refractivity contribution < 1.29 is 4.74 Å². The Balaban J connectivity index is 1.69. The van der Waals surface area contributed by atoms with E-state index in [0.29, 0.717) is 11.3 Å². The van der Waals surface area contributed by atoms with Crippen molar-refractivity contribution >= 4 is 29.1 Å². The van der Waals surface area contributed by atoms with E-state index < -0.39 is 0 Å². The van der Waals surface area contributed by atoms with Gasteiger partial charge in [-0.15, -0.1) is 11.8 Å². The lowest BCUT2D eigenvalue weighted by Crippen LogP contribution is -2.51. The van der Waals surface area contributed by atoms with Crippen molar-refractivity contribution in [3.8, 4) is 6.07 Å². The molecule has 0 atom stereocenters. The van der Waals surface area contributed by atoms with Crippen LogP contribution < -0.4 is 0 Å². The van der Waals surface area contributed by atoms with Crippen LogP contribution in [0.5, 0.6) is 0 Å². The van der Waals surface area contributed by atoms with Crippen molar-refractivity contribution in [1.82, 2.24) is 9.88 Å². The Morgan fingerprint density at radius 3 is 2.59 bits per heavy atom. The third-order valence-corrected chi connectivity index (χ3v) is 9.54. The van der Waals surface area contributed by atoms with Crippen molar-refractivity contribution in [3.63, 3.8) is 0 Å². The second-order valence-corrected chi connectivity index (χ2v) is 12.7. The first-order chi connectivity index (χ1) is 16.3. The summed E-state index contributed by atoms with van der Waals surface area (Å²) < 4.78 is 5.49. The lowest BCUT2D eigenvalue weighted by molar-refractivity contribution is -0.164. The zero-order valence-electron chi connectivity index (χ0n) is 20.6. The summed E-state index contributed by atoms with van der Waals surface area (Å²) in [6, 6.07) is 4.65. The van der Waals surface area contributed by atoms with Gasteiger partial charge in [0, 0.05) is 41.6 Å². The number of hydrogen-bond donors (Lipinski definition) is 0. The molecule has 6 heteroatoms. The lowest BCUT2D eigenvalue weighted by Gasteiger charge is -2.53. The van der Waals surface area contributed by atoms with E-state index in [1.54, 1.807) is 11.8 Å². The maximum atomic E-state index is 10.1. The summed E-state index contributed by atoms with van der Waals surface area (Å²) in [5.74, 6) is 0.392. The number of hydrogen-bond acceptors (Lipinski definition) is 6. The van der Waals surface area contributed by atoms with E-state index in [9.17, 15) is 5.26 Å². The highest BCUT2D eigenvalue weighted by Crippen LogP contribution is 2.56. The van der Waals surface area contributed by atoms with Crippen LogP contribution in [0.3, 0.4) is 0 Å². The fraction of sp³-hybridized carbons (Fsp3) is 0.500. The number of ether oxygens (including phenoxy) is 1. The average Bonchev–Trinajstić information content (AvgIpc) is 2.70. The topological polar surface area (TPSA) is 49.1 Å². The van der Waals surface area contributed by atoms with E-state index >= 15 is 0 Å². The molecule has 34 heavy (non-hydrogen) atoms. The van der Waals surface area contributed by atoms with Gasteiger partial charge >= 0.3 is 0 Å². The van der Waals surface area contributed by atoms with Gasteiger partial charge in [0.1, 0.15) is 11.1 Å². The van der Waals surface area contributed by atoms with Crippen molar-refractivity contribution in [2.75, 3.05) is 32.4 Å². The Hall–Kier alpha value is -1.94. The number of rotatable bonds is 10. The molecule has 0 radical (unpaired) electrons. The van der Waals surface area contributed by atoms with Crippen LogP contribution >= 0.6 is 23.5 Å². The summed E-state index contributed by atoms with van der Waals surface area (Å²) in [5, 5.41) is 12.7. The first-order valence-electron chi connectivity index (χ1n) is 12.0. The molecule has 4 nitrogen and oxygen atoms in total. The average molecular weight is 494 g/mol. The minimum Gasteiger partial charge on any atom is -0.383 e. The molecule has 0 amide bonds. The highest BCUT2D eigenvalue weighted by atomic mass is 32.2. The van der Waals surface area contributed by atoms with Gasteiger partial charge in [0.15, 0.2) is 0 Å². The molecule has 0 N–H and O–H groups in total. The van der Waals surface area contributed by atoms with Gasteiger partial charge in [-0.1, -0.05) is 37.4 Å². The maximum Gasteiger partial charge on any atom is 0.116 e. The fourth-order valence-corrected chi connectivity index (χ4v) is 7.36.